The Morgan fingerprint density at radius 2 is 2.00 bits per heavy atom. The van der Waals surface area contributed by atoms with E-state index in [4.69, 9.17) is 11.6 Å². The third kappa shape index (κ3) is 2.80. The molecule has 6 heteroatoms. The summed E-state index contributed by atoms with van der Waals surface area (Å²) < 4.78 is 2.65. The van der Waals surface area contributed by atoms with E-state index in [1.165, 1.54) is 6.07 Å². The summed E-state index contributed by atoms with van der Waals surface area (Å²) in [5.41, 5.74) is 1.72. The Morgan fingerprint density at radius 3 is 2.76 bits per heavy atom. The fourth-order valence-corrected chi connectivity index (χ4v) is 2.83. The van der Waals surface area contributed by atoms with Gasteiger partial charge in [-0.25, -0.2) is 0 Å². The molecule has 3 aromatic rings. The van der Waals surface area contributed by atoms with Crippen molar-refractivity contribution in [3.8, 4) is 0 Å². The van der Waals surface area contributed by atoms with E-state index in [9.17, 15) is 10.1 Å². The van der Waals surface area contributed by atoms with Gasteiger partial charge >= 0.3 is 0 Å². The Hall–Kier alpha value is -1.85. The number of hydrogen-bond donors (Lipinski definition) is 0. The van der Waals surface area contributed by atoms with Crippen LogP contribution >= 0.6 is 27.5 Å². The number of hydrogen-bond acceptors (Lipinski definition) is 2. The van der Waals surface area contributed by atoms with Crippen LogP contribution in [0.3, 0.4) is 0 Å². The molecule has 0 saturated carbocycles. The molecule has 0 radical (unpaired) electrons. The second-order valence-corrected chi connectivity index (χ2v) is 6.03. The average molecular weight is 366 g/mol. The molecule has 2 aromatic carbocycles. The minimum absolute atomic E-state index is 0.105. The third-order valence-corrected chi connectivity index (χ3v) is 4.05. The Kier molecular flexibility index (Phi) is 3.69. The zero-order valence-corrected chi connectivity index (χ0v) is 13.1. The highest BCUT2D eigenvalue weighted by atomic mass is 79.9. The van der Waals surface area contributed by atoms with Crippen LogP contribution < -0.4 is 0 Å². The van der Waals surface area contributed by atoms with Crippen molar-refractivity contribution in [2.45, 2.75) is 6.54 Å². The fourth-order valence-electron chi connectivity index (χ4n) is 2.32. The van der Waals surface area contributed by atoms with Gasteiger partial charge in [0.05, 0.1) is 11.5 Å². The third-order valence-electron chi connectivity index (χ3n) is 3.32. The summed E-state index contributed by atoms with van der Waals surface area (Å²) in [5, 5.41) is 12.9. The first-order chi connectivity index (χ1) is 10.0. The van der Waals surface area contributed by atoms with Crippen molar-refractivity contribution in [1.29, 1.82) is 0 Å². The molecule has 0 fully saturated rings. The molecule has 0 atom stereocenters. The second kappa shape index (κ2) is 5.50. The second-order valence-electron chi connectivity index (χ2n) is 4.68. The van der Waals surface area contributed by atoms with Crippen LogP contribution in [0.1, 0.15) is 5.56 Å². The Balaban J connectivity index is 2.06. The van der Waals surface area contributed by atoms with Crippen LogP contribution in [0.4, 0.5) is 5.69 Å². The molecule has 0 N–H and O–H groups in total. The zero-order valence-electron chi connectivity index (χ0n) is 10.8. The lowest BCUT2D eigenvalue weighted by Gasteiger charge is -2.07. The monoisotopic (exact) mass is 364 g/mol. The van der Waals surface area contributed by atoms with E-state index in [2.05, 4.69) is 15.9 Å². The SMILES string of the molecule is O=[N+]([O-])c1cc(Br)ccc1Cn1ccc2ccc(Cl)cc21. The van der Waals surface area contributed by atoms with Crippen LogP contribution in [0.2, 0.25) is 5.02 Å². The molecule has 0 spiro atoms. The summed E-state index contributed by atoms with van der Waals surface area (Å²) in [7, 11) is 0. The normalized spacial score (nSPS) is 11.0. The standard InChI is InChI=1S/C15H10BrClN2O2/c16-12-3-1-11(15(7-12)19(20)21)9-18-6-5-10-2-4-13(17)8-14(10)18/h1-8H,9H2. The van der Waals surface area contributed by atoms with E-state index in [0.29, 0.717) is 21.6 Å². The molecular weight excluding hydrogens is 356 g/mol. The lowest BCUT2D eigenvalue weighted by Crippen LogP contribution is -2.02. The summed E-state index contributed by atoms with van der Waals surface area (Å²) in [5.74, 6) is 0. The van der Waals surface area contributed by atoms with E-state index in [0.717, 1.165) is 10.9 Å². The van der Waals surface area contributed by atoms with E-state index in [1.807, 2.05) is 35.0 Å². The fraction of sp³-hybridized carbons (Fsp3) is 0.0667. The molecule has 0 saturated heterocycles. The van der Waals surface area contributed by atoms with Crippen LogP contribution in [0.15, 0.2) is 53.1 Å². The van der Waals surface area contributed by atoms with Crippen LogP contribution in [0, 0.1) is 10.1 Å². The molecule has 0 amide bonds. The summed E-state index contributed by atoms with van der Waals surface area (Å²) >= 11 is 9.29. The molecule has 3 rings (SSSR count). The maximum atomic E-state index is 11.2. The van der Waals surface area contributed by atoms with E-state index in [1.54, 1.807) is 12.1 Å². The topological polar surface area (TPSA) is 48.1 Å². The summed E-state index contributed by atoms with van der Waals surface area (Å²) in [4.78, 5) is 10.8. The Bertz CT molecular complexity index is 845. The van der Waals surface area contributed by atoms with E-state index >= 15 is 0 Å². The molecule has 0 unspecified atom stereocenters. The van der Waals surface area contributed by atoms with Gasteiger partial charge in [0.25, 0.3) is 5.69 Å². The van der Waals surface area contributed by atoms with Crippen molar-refractivity contribution >= 4 is 44.1 Å². The van der Waals surface area contributed by atoms with Gasteiger partial charge in [0, 0.05) is 32.8 Å². The molecule has 1 heterocycles. The van der Waals surface area contributed by atoms with Gasteiger partial charge in [-0.05, 0) is 35.7 Å². The van der Waals surface area contributed by atoms with Gasteiger partial charge in [0.15, 0.2) is 0 Å². The van der Waals surface area contributed by atoms with Crippen molar-refractivity contribution in [3.05, 3.63) is 73.8 Å². The lowest BCUT2D eigenvalue weighted by molar-refractivity contribution is -0.385. The first-order valence-electron chi connectivity index (χ1n) is 6.22. The number of nitro benzene ring substituents is 1. The van der Waals surface area contributed by atoms with Crippen molar-refractivity contribution in [3.63, 3.8) is 0 Å². The molecule has 21 heavy (non-hydrogen) atoms. The molecule has 106 valence electrons. The highest BCUT2D eigenvalue weighted by Gasteiger charge is 2.15. The van der Waals surface area contributed by atoms with Gasteiger partial charge in [0.2, 0.25) is 0 Å². The molecule has 0 aliphatic rings. The van der Waals surface area contributed by atoms with Gasteiger partial charge < -0.3 is 4.57 Å². The highest BCUT2D eigenvalue weighted by molar-refractivity contribution is 9.10. The van der Waals surface area contributed by atoms with Crippen LogP contribution in [-0.4, -0.2) is 9.49 Å². The van der Waals surface area contributed by atoms with Gasteiger partial charge in [-0.2, -0.15) is 0 Å². The van der Waals surface area contributed by atoms with Gasteiger partial charge in [-0.15, -0.1) is 0 Å². The lowest BCUT2D eigenvalue weighted by atomic mass is 10.2. The number of halogens is 2. The summed E-state index contributed by atoms with van der Waals surface area (Å²) in [6, 6.07) is 12.7. The van der Waals surface area contributed by atoms with Crippen molar-refractivity contribution in [2.24, 2.45) is 0 Å². The number of fused-ring (bicyclic) bond motifs is 1. The molecular formula is C15H10BrClN2O2. The number of rotatable bonds is 3. The number of benzene rings is 2. The molecule has 0 bridgehead atoms. The minimum Gasteiger partial charge on any atom is -0.343 e. The van der Waals surface area contributed by atoms with Crippen LogP contribution in [0.5, 0.6) is 0 Å². The van der Waals surface area contributed by atoms with Crippen molar-refractivity contribution in [2.75, 3.05) is 0 Å². The summed E-state index contributed by atoms with van der Waals surface area (Å²) in [6.45, 7) is 0.424. The number of nitrogens with zero attached hydrogens (tertiary/aromatic N) is 2. The molecule has 4 nitrogen and oxygen atoms in total. The first-order valence-corrected chi connectivity index (χ1v) is 7.39. The Morgan fingerprint density at radius 1 is 1.19 bits per heavy atom. The number of nitro groups is 1. The Labute approximate surface area is 134 Å². The largest absolute Gasteiger partial charge is 0.343 e. The summed E-state index contributed by atoms with van der Waals surface area (Å²) in [6.07, 6.45) is 1.91. The highest BCUT2D eigenvalue weighted by Crippen LogP contribution is 2.27. The first kappa shape index (κ1) is 14.1. The molecule has 0 aliphatic carbocycles. The van der Waals surface area contributed by atoms with Crippen molar-refractivity contribution < 1.29 is 4.92 Å². The predicted octanol–water partition coefficient (Wildman–Crippen LogP) is 5.01. The smallest absolute Gasteiger partial charge is 0.275 e. The van der Waals surface area contributed by atoms with Crippen LogP contribution in [-0.2, 0) is 6.54 Å². The van der Waals surface area contributed by atoms with Gasteiger partial charge in [-0.3, -0.25) is 10.1 Å². The van der Waals surface area contributed by atoms with Crippen LogP contribution in [0.25, 0.3) is 10.9 Å². The average Bonchev–Trinajstić information content (AvgIpc) is 2.83. The predicted molar refractivity (Wildman–Crippen MR) is 86.8 cm³/mol. The quantitative estimate of drug-likeness (QED) is 0.483. The maximum absolute atomic E-state index is 11.2. The minimum atomic E-state index is -0.362. The van der Waals surface area contributed by atoms with Crippen molar-refractivity contribution in [1.82, 2.24) is 4.57 Å². The van der Waals surface area contributed by atoms with Gasteiger partial charge in [0.1, 0.15) is 0 Å². The van der Waals surface area contributed by atoms with E-state index in [-0.39, 0.29) is 10.6 Å². The molecule has 1 aromatic heterocycles. The van der Waals surface area contributed by atoms with E-state index < -0.39 is 0 Å². The number of aromatic nitrogens is 1. The van der Waals surface area contributed by atoms with Gasteiger partial charge in [-0.1, -0.05) is 33.6 Å². The molecule has 0 aliphatic heterocycles. The zero-order chi connectivity index (χ0) is 15.0. The maximum Gasteiger partial charge on any atom is 0.275 e.